The Hall–Kier alpha value is -1.08. The molecule has 1 aromatic rings. The van der Waals surface area contributed by atoms with Crippen molar-refractivity contribution in [3.8, 4) is 6.07 Å². The minimum absolute atomic E-state index is 0.226. The van der Waals surface area contributed by atoms with Gasteiger partial charge in [-0.25, -0.2) is 4.39 Å². The highest BCUT2D eigenvalue weighted by molar-refractivity contribution is 9.10. The van der Waals surface area contributed by atoms with Gasteiger partial charge in [-0.3, -0.25) is 0 Å². The Bertz CT molecular complexity index is 410. The van der Waals surface area contributed by atoms with Gasteiger partial charge in [0.15, 0.2) is 5.82 Å². The van der Waals surface area contributed by atoms with Crippen molar-refractivity contribution < 1.29 is 4.39 Å². The molecule has 0 saturated carbocycles. The first kappa shape index (κ1) is 13.0. The van der Waals surface area contributed by atoms with Crippen molar-refractivity contribution >= 4 is 21.6 Å². The molecule has 0 aliphatic heterocycles. The second-order valence-electron chi connectivity index (χ2n) is 4.01. The van der Waals surface area contributed by atoms with Gasteiger partial charge in [0.05, 0.1) is 15.7 Å². The first-order chi connectivity index (χ1) is 7.56. The Kier molecular flexibility index (Phi) is 4.75. The van der Waals surface area contributed by atoms with Gasteiger partial charge in [0.25, 0.3) is 0 Å². The molecule has 1 N–H and O–H groups in total. The summed E-state index contributed by atoms with van der Waals surface area (Å²) in [6.07, 6.45) is 0.983. The first-order valence-electron chi connectivity index (χ1n) is 5.18. The van der Waals surface area contributed by atoms with Crippen molar-refractivity contribution in [1.29, 1.82) is 5.26 Å². The number of nitriles is 1. The predicted octanol–water partition coefficient (Wildman–Crippen LogP) is 3.92. The van der Waals surface area contributed by atoms with Crippen molar-refractivity contribution in [3.63, 3.8) is 0 Å². The van der Waals surface area contributed by atoms with Gasteiger partial charge < -0.3 is 5.32 Å². The lowest BCUT2D eigenvalue weighted by molar-refractivity contribution is 0.598. The lowest BCUT2D eigenvalue weighted by atomic mass is 10.1. The maximum Gasteiger partial charge on any atom is 0.161 e. The number of rotatable bonds is 4. The maximum absolute atomic E-state index is 13.7. The minimum Gasteiger partial charge on any atom is -0.383 e. The number of halogens is 2. The van der Waals surface area contributed by atoms with Crippen LogP contribution in [-0.4, -0.2) is 6.54 Å². The zero-order chi connectivity index (χ0) is 12.1. The molecular formula is C12H14BrFN2. The Morgan fingerprint density at radius 2 is 2.19 bits per heavy atom. The zero-order valence-electron chi connectivity index (χ0n) is 9.35. The van der Waals surface area contributed by atoms with E-state index in [4.69, 9.17) is 5.26 Å². The highest BCUT2D eigenvalue weighted by Gasteiger charge is 2.10. The normalized spacial score (nSPS) is 10.2. The molecule has 0 bridgehead atoms. The van der Waals surface area contributed by atoms with Crippen LogP contribution in [0.15, 0.2) is 16.6 Å². The summed E-state index contributed by atoms with van der Waals surface area (Å²) in [6.45, 7) is 4.96. The van der Waals surface area contributed by atoms with Crippen LogP contribution in [0.5, 0.6) is 0 Å². The molecule has 0 aromatic heterocycles. The summed E-state index contributed by atoms with van der Waals surface area (Å²) in [6, 6.07) is 5.12. The van der Waals surface area contributed by atoms with Gasteiger partial charge in [-0.1, -0.05) is 13.8 Å². The Labute approximate surface area is 104 Å². The molecule has 0 aliphatic carbocycles. The fourth-order valence-electron chi connectivity index (χ4n) is 1.27. The predicted molar refractivity (Wildman–Crippen MR) is 66.8 cm³/mol. The molecule has 0 aliphatic rings. The fraction of sp³-hybridized carbons (Fsp3) is 0.417. The van der Waals surface area contributed by atoms with Gasteiger partial charge in [-0.15, -0.1) is 0 Å². The standard InChI is InChI=1S/C12H14BrFN2/c1-8(2)5-6-16-10-4-3-9(7-15)11(13)12(10)14/h3-4,8,16H,5-6H2,1-2H3. The van der Waals surface area contributed by atoms with Gasteiger partial charge >= 0.3 is 0 Å². The van der Waals surface area contributed by atoms with Crippen LogP contribution >= 0.6 is 15.9 Å². The van der Waals surface area contributed by atoms with Crippen molar-refractivity contribution in [2.45, 2.75) is 20.3 Å². The third kappa shape index (κ3) is 3.21. The highest BCUT2D eigenvalue weighted by Crippen LogP contribution is 2.26. The molecule has 1 aromatic carbocycles. The minimum atomic E-state index is -0.400. The van der Waals surface area contributed by atoms with Crippen LogP contribution < -0.4 is 5.32 Å². The molecular weight excluding hydrogens is 271 g/mol. The zero-order valence-corrected chi connectivity index (χ0v) is 10.9. The smallest absolute Gasteiger partial charge is 0.161 e. The van der Waals surface area contributed by atoms with Crippen LogP contribution in [0.4, 0.5) is 10.1 Å². The molecule has 86 valence electrons. The SMILES string of the molecule is CC(C)CCNc1ccc(C#N)c(Br)c1F. The summed E-state index contributed by atoms with van der Waals surface area (Å²) in [4.78, 5) is 0. The molecule has 0 radical (unpaired) electrons. The number of anilines is 1. The van der Waals surface area contributed by atoms with Crippen molar-refractivity contribution in [2.75, 3.05) is 11.9 Å². The second-order valence-corrected chi connectivity index (χ2v) is 4.80. The fourth-order valence-corrected chi connectivity index (χ4v) is 1.70. The Morgan fingerprint density at radius 1 is 1.50 bits per heavy atom. The van der Waals surface area contributed by atoms with Crippen LogP contribution in [0.1, 0.15) is 25.8 Å². The summed E-state index contributed by atoms with van der Waals surface area (Å²) < 4.78 is 13.9. The second kappa shape index (κ2) is 5.86. The van der Waals surface area contributed by atoms with E-state index in [0.717, 1.165) is 13.0 Å². The van der Waals surface area contributed by atoms with Gasteiger partial charge in [0, 0.05) is 6.54 Å². The van der Waals surface area contributed by atoms with E-state index in [2.05, 4.69) is 35.1 Å². The van der Waals surface area contributed by atoms with E-state index in [1.54, 1.807) is 12.1 Å². The lowest BCUT2D eigenvalue weighted by Crippen LogP contribution is -2.06. The van der Waals surface area contributed by atoms with Crippen LogP contribution in [0, 0.1) is 23.1 Å². The van der Waals surface area contributed by atoms with Crippen molar-refractivity contribution in [1.82, 2.24) is 0 Å². The van der Waals surface area contributed by atoms with Crippen LogP contribution in [0.25, 0.3) is 0 Å². The van der Waals surface area contributed by atoms with E-state index >= 15 is 0 Å². The van der Waals surface area contributed by atoms with Crippen molar-refractivity contribution in [2.24, 2.45) is 5.92 Å². The van der Waals surface area contributed by atoms with E-state index in [9.17, 15) is 4.39 Å². The van der Waals surface area contributed by atoms with Crippen LogP contribution in [0.3, 0.4) is 0 Å². The van der Waals surface area contributed by atoms with E-state index in [0.29, 0.717) is 17.2 Å². The van der Waals surface area contributed by atoms with Gasteiger partial charge in [0.2, 0.25) is 0 Å². The highest BCUT2D eigenvalue weighted by atomic mass is 79.9. The van der Waals surface area contributed by atoms with Crippen LogP contribution in [-0.2, 0) is 0 Å². The topological polar surface area (TPSA) is 35.8 Å². The van der Waals surface area contributed by atoms with Gasteiger partial charge in [0.1, 0.15) is 6.07 Å². The third-order valence-electron chi connectivity index (χ3n) is 2.24. The largest absolute Gasteiger partial charge is 0.383 e. The third-order valence-corrected chi connectivity index (χ3v) is 3.02. The molecule has 1 rings (SSSR count). The Balaban J connectivity index is 2.76. The molecule has 2 nitrogen and oxygen atoms in total. The number of hydrogen-bond donors (Lipinski definition) is 1. The molecule has 0 spiro atoms. The molecule has 0 amide bonds. The van der Waals surface area contributed by atoms with Gasteiger partial charge in [-0.05, 0) is 40.4 Å². The number of nitrogens with zero attached hydrogens (tertiary/aromatic N) is 1. The van der Waals surface area contributed by atoms with E-state index < -0.39 is 5.82 Å². The lowest BCUT2D eigenvalue weighted by Gasteiger charge is -2.10. The van der Waals surface area contributed by atoms with Gasteiger partial charge in [-0.2, -0.15) is 5.26 Å². The molecule has 0 atom stereocenters. The summed E-state index contributed by atoms with van der Waals surface area (Å²) in [5.74, 6) is 0.181. The van der Waals surface area contributed by atoms with Crippen molar-refractivity contribution in [3.05, 3.63) is 28.0 Å². The quantitative estimate of drug-likeness (QED) is 0.910. The molecule has 0 unspecified atom stereocenters. The molecule has 0 fully saturated rings. The number of nitrogens with one attached hydrogen (secondary N) is 1. The molecule has 4 heteroatoms. The Morgan fingerprint density at radius 3 is 2.75 bits per heavy atom. The monoisotopic (exact) mass is 284 g/mol. The summed E-state index contributed by atoms with van der Waals surface area (Å²) >= 11 is 3.07. The van der Waals surface area contributed by atoms with E-state index in [-0.39, 0.29) is 4.47 Å². The average Bonchev–Trinajstić information content (AvgIpc) is 2.24. The average molecular weight is 285 g/mol. The summed E-state index contributed by atoms with van der Waals surface area (Å²) in [5.41, 5.74) is 0.749. The molecule has 16 heavy (non-hydrogen) atoms. The molecule has 0 heterocycles. The van der Waals surface area contributed by atoms with Crippen LogP contribution in [0.2, 0.25) is 0 Å². The number of hydrogen-bond acceptors (Lipinski definition) is 2. The first-order valence-corrected chi connectivity index (χ1v) is 5.97. The maximum atomic E-state index is 13.7. The number of benzene rings is 1. The van der Waals surface area contributed by atoms with E-state index in [1.165, 1.54) is 0 Å². The summed E-state index contributed by atoms with van der Waals surface area (Å²) in [5, 5.41) is 11.7. The molecule has 0 saturated heterocycles. The summed E-state index contributed by atoms with van der Waals surface area (Å²) in [7, 11) is 0. The van der Waals surface area contributed by atoms with E-state index in [1.807, 2.05) is 6.07 Å².